The van der Waals surface area contributed by atoms with E-state index < -0.39 is 10.0 Å². The third-order valence-corrected chi connectivity index (χ3v) is 6.21. The minimum atomic E-state index is -3.43. The van der Waals surface area contributed by atoms with Crippen molar-refractivity contribution in [3.05, 3.63) is 41.3 Å². The van der Waals surface area contributed by atoms with Gasteiger partial charge in [0.1, 0.15) is 0 Å². The lowest BCUT2D eigenvalue weighted by atomic mass is 10.2. The van der Waals surface area contributed by atoms with Gasteiger partial charge >= 0.3 is 0 Å². The number of nitrogens with one attached hydrogen (secondary N) is 1. The normalized spacial score (nSPS) is 17.0. The Morgan fingerprint density at radius 2 is 1.73 bits per heavy atom. The largest absolute Gasteiger partial charge is 0.352 e. The molecule has 0 aromatic heterocycles. The van der Waals surface area contributed by atoms with E-state index in [9.17, 15) is 13.2 Å². The number of benzene rings is 1. The smallest absolute Gasteiger partial charge is 0.236 e. The summed E-state index contributed by atoms with van der Waals surface area (Å²) in [6.07, 6.45) is 3.45. The van der Waals surface area contributed by atoms with Crippen molar-refractivity contribution in [2.75, 3.05) is 32.7 Å². The molecule has 1 aromatic carbocycles. The maximum Gasteiger partial charge on any atom is 0.236 e. The number of carbonyl (C=O) groups excluding carboxylic acids is 1. The molecular formula is C19H29N3O3S. The summed E-state index contributed by atoms with van der Waals surface area (Å²) in [7, 11) is -3.43. The molecule has 0 saturated carbocycles. The zero-order valence-corrected chi connectivity index (χ0v) is 16.4. The van der Waals surface area contributed by atoms with Crippen molar-refractivity contribution < 1.29 is 13.2 Å². The van der Waals surface area contributed by atoms with Gasteiger partial charge in [-0.15, -0.1) is 0 Å². The monoisotopic (exact) mass is 379 g/mol. The highest BCUT2D eigenvalue weighted by Crippen LogP contribution is 2.11. The summed E-state index contributed by atoms with van der Waals surface area (Å²) in [5.74, 6) is 0.0129. The Balaban J connectivity index is 1.83. The van der Waals surface area contributed by atoms with Crippen molar-refractivity contribution in [2.45, 2.75) is 32.7 Å². The van der Waals surface area contributed by atoms with Gasteiger partial charge < -0.3 is 5.32 Å². The van der Waals surface area contributed by atoms with Crippen LogP contribution in [0.15, 0.2) is 35.7 Å². The molecule has 1 aromatic rings. The lowest BCUT2D eigenvalue weighted by molar-refractivity contribution is -0.123. The van der Waals surface area contributed by atoms with Crippen LogP contribution in [-0.2, 0) is 14.8 Å². The first kappa shape index (κ1) is 20.6. The molecule has 1 fully saturated rings. The van der Waals surface area contributed by atoms with Gasteiger partial charge in [-0.2, -0.15) is 4.31 Å². The topological polar surface area (TPSA) is 69.7 Å². The van der Waals surface area contributed by atoms with Crippen molar-refractivity contribution in [2.24, 2.45) is 0 Å². The molecule has 2 rings (SSSR count). The van der Waals surface area contributed by atoms with Gasteiger partial charge in [0, 0.05) is 37.6 Å². The Morgan fingerprint density at radius 3 is 2.31 bits per heavy atom. The van der Waals surface area contributed by atoms with Gasteiger partial charge in [0.15, 0.2) is 0 Å². The highest BCUT2D eigenvalue weighted by molar-refractivity contribution is 7.92. The predicted molar refractivity (Wildman–Crippen MR) is 105 cm³/mol. The fourth-order valence-electron chi connectivity index (χ4n) is 2.93. The van der Waals surface area contributed by atoms with E-state index >= 15 is 0 Å². The zero-order chi connectivity index (χ0) is 19.0. The fraction of sp³-hybridized carbons (Fsp3) is 0.526. The fourth-order valence-corrected chi connectivity index (χ4v) is 4.10. The third kappa shape index (κ3) is 6.23. The Bertz CT molecular complexity index is 692. The molecule has 7 heteroatoms. The van der Waals surface area contributed by atoms with Gasteiger partial charge in [-0.1, -0.05) is 44.2 Å². The maximum atomic E-state index is 12.5. The molecule has 1 aliphatic rings. The standard InChI is InChI=1S/C19H29N3O3S/c1-3-18(4-2)20-19(23)16-21-11-13-22(14-12-21)26(24,25)15-10-17-8-6-5-7-9-17/h5-10,15,18H,3-4,11-14,16H2,1-2H3,(H,20,23)/b15-10+. The summed E-state index contributed by atoms with van der Waals surface area (Å²) < 4.78 is 26.4. The molecule has 26 heavy (non-hydrogen) atoms. The van der Waals surface area contributed by atoms with Crippen LogP contribution >= 0.6 is 0 Å². The summed E-state index contributed by atoms with van der Waals surface area (Å²) in [5.41, 5.74) is 0.854. The zero-order valence-electron chi connectivity index (χ0n) is 15.6. The van der Waals surface area contributed by atoms with Gasteiger partial charge in [0.2, 0.25) is 15.9 Å². The van der Waals surface area contributed by atoms with Crippen LogP contribution in [0.1, 0.15) is 32.3 Å². The average Bonchev–Trinajstić information content (AvgIpc) is 2.66. The second-order valence-corrected chi connectivity index (χ2v) is 8.33. The van der Waals surface area contributed by atoms with E-state index in [1.54, 1.807) is 6.08 Å². The van der Waals surface area contributed by atoms with Gasteiger partial charge in [-0.25, -0.2) is 8.42 Å². The van der Waals surface area contributed by atoms with Crippen LogP contribution in [0.4, 0.5) is 0 Å². The molecule has 1 aliphatic heterocycles. The molecule has 0 unspecified atom stereocenters. The van der Waals surface area contributed by atoms with Gasteiger partial charge in [0.25, 0.3) is 0 Å². The van der Waals surface area contributed by atoms with E-state index in [4.69, 9.17) is 0 Å². The van der Waals surface area contributed by atoms with Crippen LogP contribution in [0.25, 0.3) is 6.08 Å². The number of amides is 1. The van der Waals surface area contributed by atoms with Crippen molar-refractivity contribution >= 4 is 22.0 Å². The first-order valence-electron chi connectivity index (χ1n) is 9.19. The average molecular weight is 380 g/mol. The van der Waals surface area contributed by atoms with E-state index in [0.717, 1.165) is 18.4 Å². The van der Waals surface area contributed by atoms with Crippen molar-refractivity contribution in [1.82, 2.24) is 14.5 Å². The van der Waals surface area contributed by atoms with Crippen LogP contribution in [0.5, 0.6) is 0 Å². The lowest BCUT2D eigenvalue weighted by Crippen LogP contribution is -2.51. The van der Waals surface area contributed by atoms with Gasteiger partial charge in [-0.3, -0.25) is 9.69 Å². The first-order valence-corrected chi connectivity index (χ1v) is 10.7. The molecule has 0 radical (unpaired) electrons. The van der Waals surface area contributed by atoms with Gasteiger partial charge in [-0.05, 0) is 24.5 Å². The molecule has 0 bridgehead atoms. The second-order valence-electron chi connectivity index (χ2n) is 6.51. The molecule has 6 nitrogen and oxygen atoms in total. The number of sulfonamides is 1. The van der Waals surface area contributed by atoms with Crippen LogP contribution in [-0.4, -0.2) is 62.3 Å². The Morgan fingerprint density at radius 1 is 1.12 bits per heavy atom. The molecule has 1 saturated heterocycles. The van der Waals surface area contributed by atoms with Crippen LogP contribution < -0.4 is 5.32 Å². The molecule has 0 aliphatic carbocycles. The predicted octanol–water partition coefficient (Wildman–Crippen LogP) is 1.91. The van der Waals surface area contributed by atoms with Crippen molar-refractivity contribution in [1.29, 1.82) is 0 Å². The van der Waals surface area contributed by atoms with Crippen LogP contribution in [0, 0.1) is 0 Å². The maximum absolute atomic E-state index is 12.5. The Kier molecular flexibility index (Phi) is 7.81. The van der Waals surface area contributed by atoms with E-state index in [1.807, 2.05) is 35.2 Å². The number of rotatable bonds is 8. The molecule has 0 atom stereocenters. The third-order valence-electron chi connectivity index (χ3n) is 4.64. The van der Waals surface area contributed by atoms with Crippen molar-refractivity contribution in [3.63, 3.8) is 0 Å². The molecule has 1 heterocycles. The van der Waals surface area contributed by atoms with E-state index in [-0.39, 0.29) is 11.9 Å². The van der Waals surface area contributed by atoms with Gasteiger partial charge in [0.05, 0.1) is 6.54 Å². The number of piperazine rings is 1. The SMILES string of the molecule is CCC(CC)NC(=O)CN1CCN(S(=O)(=O)/C=C/c2ccccc2)CC1. The summed E-state index contributed by atoms with van der Waals surface area (Å²) in [5, 5.41) is 4.28. The molecule has 0 spiro atoms. The minimum absolute atomic E-state index is 0.0129. The molecule has 1 amide bonds. The Labute approximate surface area is 156 Å². The number of hydrogen-bond donors (Lipinski definition) is 1. The first-order chi connectivity index (χ1) is 12.4. The molecular weight excluding hydrogens is 350 g/mol. The van der Waals surface area contributed by atoms with E-state index in [1.165, 1.54) is 9.71 Å². The van der Waals surface area contributed by atoms with Crippen LogP contribution in [0.2, 0.25) is 0 Å². The number of hydrogen-bond acceptors (Lipinski definition) is 4. The highest BCUT2D eigenvalue weighted by Gasteiger charge is 2.26. The number of carbonyl (C=O) groups is 1. The van der Waals surface area contributed by atoms with E-state index in [0.29, 0.717) is 32.7 Å². The second kappa shape index (κ2) is 9.85. The molecule has 144 valence electrons. The van der Waals surface area contributed by atoms with E-state index in [2.05, 4.69) is 19.2 Å². The summed E-state index contributed by atoms with van der Waals surface area (Å²) in [6.45, 7) is 6.37. The summed E-state index contributed by atoms with van der Waals surface area (Å²) in [4.78, 5) is 14.1. The highest BCUT2D eigenvalue weighted by atomic mass is 32.2. The molecule has 1 N–H and O–H groups in total. The summed E-state index contributed by atoms with van der Waals surface area (Å²) in [6, 6.07) is 9.58. The summed E-state index contributed by atoms with van der Waals surface area (Å²) >= 11 is 0. The van der Waals surface area contributed by atoms with Crippen LogP contribution in [0.3, 0.4) is 0 Å². The number of nitrogens with zero attached hydrogens (tertiary/aromatic N) is 2. The minimum Gasteiger partial charge on any atom is -0.352 e. The lowest BCUT2D eigenvalue weighted by Gasteiger charge is -2.33. The van der Waals surface area contributed by atoms with Crippen molar-refractivity contribution in [3.8, 4) is 0 Å². The quantitative estimate of drug-likeness (QED) is 0.749. The Hall–Kier alpha value is -1.70.